The maximum atomic E-state index is 12.2. The Morgan fingerprint density at radius 2 is 1.90 bits per heavy atom. The highest BCUT2D eigenvalue weighted by Crippen LogP contribution is 2.28. The van der Waals surface area contributed by atoms with Crippen LogP contribution in [-0.4, -0.2) is 5.91 Å². The Labute approximate surface area is 127 Å². The summed E-state index contributed by atoms with van der Waals surface area (Å²) >= 11 is 3.38. The fourth-order valence-corrected chi connectivity index (χ4v) is 2.61. The van der Waals surface area contributed by atoms with Crippen molar-refractivity contribution in [1.82, 2.24) is 0 Å². The first-order chi connectivity index (χ1) is 9.51. The average Bonchev–Trinajstić information content (AvgIpc) is 2.42. The van der Waals surface area contributed by atoms with E-state index in [1.54, 1.807) is 6.07 Å². The number of anilines is 2. The summed E-state index contributed by atoms with van der Waals surface area (Å²) in [6, 6.07) is 11.3. The molecule has 2 aromatic rings. The van der Waals surface area contributed by atoms with Crippen LogP contribution < -0.4 is 11.1 Å². The lowest BCUT2D eigenvalue weighted by Crippen LogP contribution is -2.14. The van der Waals surface area contributed by atoms with Crippen LogP contribution in [0.25, 0.3) is 0 Å². The lowest BCUT2D eigenvalue weighted by atomic mass is 10.1. The molecule has 20 heavy (non-hydrogen) atoms. The van der Waals surface area contributed by atoms with E-state index in [0.29, 0.717) is 16.9 Å². The van der Waals surface area contributed by atoms with Crippen LogP contribution in [0.4, 0.5) is 11.4 Å². The molecule has 3 N–H and O–H groups in total. The number of nitrogens with one attached hydrogen (secondary N) is 1. The van der Waals surface area contributed by atoms with Crippen LogP contribution in [0.1, 0.15) is 28.4 Å². The lowest BCUT2D eigenvalue weighted by Gasteiger charge is -2.12. The molecule has 104 valence electrons. The van der Waals surface area contributed by atoms with Gasteiger partial charge in [-0.05, 0) is 48.7 Å². The van der Waals surface area contributed by atoms with Crippen molar-refractivity contribution in [3.8, 4) is 0 Å². The zero-order valence-electron chi connectivity index (χ0n) is 11.5. The van der Waals surface area contributed by atoms with Crippen LogP contribution >= 0.6 is 15.9 Å². The van der Waals surface area contributed by atoms with Crippen LogP contribution in [0.3, 0.4) is 0 Å². The summed E-state index contributed by atoms with van der Waals surface area (Å²) in [6.07, 6.45) is 0.959. The van der Waals surface area contributed by atoms with Gasteiger partial charge in [-0.15, -0.1) is 0 Å². The molecule has 0 aliphatic heterocycles. The minimum absolute atomic E-state index is 0.148. The number of rotatable bonds is 3. The Bertz CT molecular complexity index is 612. The second kappa shape index (κ2) is 6.09. The quantitative estimate of drug-likeness (QED) is 0.829. The van der Waals surface area contributed by atoms with E-state index in [0.717, 1.165) is 16.5 Å². The van der Waals surface area contributed by atoms with Crippen LogP contribution in [0.2, 0.25) is 0 Å². The van der Waals surface area contributed by atoms with Gasteiger partial charge < -0.3 is 11.1 Å². The molecule has 0 aliphatic carbocycles. The number of hydrogen-bond donors (Lipinski definition) is 2. The predicted molar refractivity (Wildman–Crippen MR) is 87.1 cm³/mol. The van der Waals surface area contributed by atoms with Gasteiger partial charge in [-0.2, -0.15) is 0 Å². The second-order valence-corrected chi connectivity index (χ2v) is 5.61. The lowest BCUT2D eigenvalue weighted by molar-refractivity contribution is 0.102. The van der Waals surface area contributed by atoms with E-state index in [2.05, 4.69) is 28.2 Å². The van der Waals surface area contributed by atoms with Crippen molar-refractivity contribution in [2.75, 3.05) is 11.1 Å². The van der Waals surface area contributed by atoms with Crippen LogP contribution in [0, 0.1) is 6.92 Å². The Morgan fingerprint density at radius 1 is 1.25 bits per heavy atom. The van der Waals surface area contributed by atoms with E-state index in [9.17, 15) is 4.79 Å². The van der Waals surface area contributed by atoms with Gasteiger partial charge in [-0.1, -0.05) is 35.0 Å². The maximum absolute atomic E-state index is 12.2. The molecule has 1 amide bonds. The van der Waals surface area contributed by atoms with Gasteiger partial charge in [0.15, 0.2) is 0 Å². The minimum atomic E-state index is -0.148. The van der Waals surface area contributed by atoms with E-state index in [1.807, 2.05) is 37.3 Å². The molecule has 3 nitrogen and oxygen atoms in total. The van der Waals surface area contributed by atoms with Gasteiger partial charge in [-0.3, -0.25) is 4.79 Å². The van der Waals surface area contributed by atoms with E-state index in [1.165, 1.54) is 5.56 Å². The molecule has 0 saturated carbocycles. The Morgan fingerprint density at radius 3 is 2.45 bits per heavy atom. The van der Waals surface area contributed by atoms with Crippen molar-refractivity contribution in [3.05, 3.63) is 57.6 Å². The molecule has 0 atom stereocenters. The Balaban J connectivity index is 2.23. The van der Waals surface area contributed by atoms with Gasteiger partial charge in [0.05, 0.1) is 11.4 Å². The largest absolute Gasteiger partial charge is 0.397 e. The van der Waals surface area contributed by atoms with Gasteiger partial charge >= 0.3 is 0 Å². The van der Waals surface area contributed by atoms with Crippen LogP contribution in [0.5, 0.6) is 0 Å². The van der Waals surface area contributed by atoms with E-state index in [4.69, 9.17) is 5.73 Å². The molecule has 0 fully saturated rings. The van der Waals surface area contributed by atoms with Crippen molar-refractivity contribution in [3.63, 3.8) is 0 Å². The number of carbonyl (C=O) groups excluding carboxylic acids is 1. The number of aryl methyl sites for hydroxylation is 2. The minimum Gasteiger partial charge on any atom is -0.397 e. The monoisotopic (exact) mass is 332 g/mol. The smallest absolute Gasteiger partial charge is 0.255 e. The topological polar surface area (TPSA) is 55.1 Å². The highest BCUT2D eigenvalue weighted by molar-refractivity contribution is 9.10. The average molecular weight is 333 g/mol. The summed E-state index contributed by atoms with van der Waals surface area (Å²) < 4.78 is 0.901. The number of amides is 1. The third-order valence-corrected chi connectivity index (χ3v) is 3.65. The van der Waals surface area contributed by atoms with Crippen molar-refractivity contribution in [2.24, 2.45) is 0 Å². The molecule has 0 spiro atoms. The van der Waals surface area contributed by atoms with Crippen molar-refractivity contribution >= 4 is 33.2 Å². The van der Waals surface area contributed by atoms with Crippen LogP contribution in [-0.2, 0) is 6.42 Å². The van der Waals surface area contributed by atoms with Gasteiger partial charge in [0, 0.05) is 10.0 Å². The normalized spacial score (nSPS) is 10.3. The summed E-state index contributed by atoms with van der Waals surface area (Å²) in [4.78, 5) is 12.2. The molecule has 0 radical (unpaired) electrons. The van der Waals surface area contributed by atoms with Crippen molar-refractivity contribution in [1.29, 1.82) is 0 Å². The summed E-state index contributed by atoms with van der Waals surface area (Å²) in [7, 11) is 0. The third kappa shape index (κ3) is 3.20. The first-order valence-electron chi connectivity index (χ1n) is 6.47. The molecule has 2 aromatic carbocycles. The summed E-state index contributed by atoms with van der Waals surface area (Å²) in [5.41, 5.74) is 9.93. The molecule has 0 heterocycles. The van der Waals surface area contributed by atoms with Gasteiger partial charge in [-0.25, -0.2) is 0 Å². The molecule has 0 aliphatic rings. The number of nitrogens with two attached hydrogens (primary N) is 1. The Hall–Kier alpha value is -1.81. The number of carbonyl (C=O) groups is 1. The highest BCUT2D eigenvalue weighted by atomic mass is 79.9. The van der Waals surface area contributed by atoms with Crippen LogP contribution in [0.15, 0.2) is 40.9 Å². The van der Waals surface area contributed by atoms with Gasteiger partial charge in [0.1, 0.15) is 0 Å². The second-order valence-electron chi connectivity index (χ2n) is 4.69. The predicted octanol–water partition coefficient (Wildman–Crippen LogP) is 4.15. The summed E-state index contributed by atoms with van der Waals surface area (Å²) in [5.74, 6) is -0.148. The number of benzene rings is 2. The van der Waals surface area contributed by atoms with E-state index >= 15 is 0 Å². The fourth-order valence-electron chi connectivity index (χ4n) is 2.02. The molecule has 0 unspecified atom stereocenters. The number of nitrogen functional groups attached to an aromatic ring is 1. The van der Waals surface area contributed by atoms with Crippen molar-refractivity contribution in [2.45, 2.75) is 20.3 Å². The SMILES string of the molecule is CCc1ccc(C(=O)Nc2c(C)cc(Br)cc2N)cc1. The standard InChI is InChI=1S/C16H17BrN2O/c1-3-11-4-6-12(7-5-11)16(20)19-15-10(2)8-13(17)9-14(15)18/h4-9H,3,18H2,1-2H3,(H,19,20). The molecule has 4 heteroatoms. The summed E-state index contributed by atoms with van der Waals surface area (Å²) in [5, 5.41) is 2.87. The zero-order valence-corrected chi connectivity index (χ0v) is 13.1. The molecular weight excluding hydrogens is 316 g/mol. The number of halogens is 1. The number of hydrogen-bond acceptors (Lipinski definition) is 2. The van der Waals surface area contributed by atoms with Gasteiger partial charge in [0.2, 0.25) is 0 Å². The van der Waals surface area contributed by atoms with E-state index < -0.39 is 0 Å². The maximum Gasteiger partial charge on any atom is 0.255 e. The van der Waals surface area contributed by atoms with Crippen molar-refractivity contribution < 1.29 is 4.79 Å². The van der Waals surface area contributed by atoms with E-state index in [-0.39, 0.29) is 5.91 Å². The van der Waals surface area contributed by atoms with Gasteiger partial charge in [0.25, 0.3) is 5.91 Å². The first-order valence-corrected chi connectivity index (χ1v) is 7.26. The Kier molecular flexibility index (Phi) is 4.45. The molecular formula is C16H17BrN2O. The molecule has 0 aromatic heterocycles. The molecule has 0 bridgehead atoms. The molecule has 2 rings (SSSR count). The zero-order chi connectivity index (χ0) is 14.7. The first kappa shape index (κ1) is 14.6. The summed E-state index contributed by atoms with van der Waals surface area (Å²) in [6.45, 7) is 4.00. The molecule has 0 saturated heterocycles. The third-order valence-electron chi connectivity index (χ3n) is 3.19. The fraction of sp³-hybridized carbons (Fsp3) is 0.188. The highest BCUT2D eigenvalue weighted by Gasteiger charge is 2.11.